The molecule has 1 saturated carbocycles. The molecule has 4 atom stereocenters. The Labute approximate surface area is 222 Å². The number of hydrogen-bond donors (Lipinski definition) is 3. The highest BCUT2D eigenvalue weighted by molar-refractivity contribution is 5.86. The lowest BCUT2D eigenvalue weighted by Gasteiger charge is -2.37. The normalized spacial score (nSPS) is 23.8. The number of amides is 2. The van der Waals surface area contributed by atoms with Gasteiger partial charge >= 0.3 is 6.36 Å². The molecule has 11 heteroatoms. The summed E-state index contributed by atoms with van der Waals surface area (Å²) in [5, 5.41) is 16.9. The first-order chi connectivity index (χ1) is 18.0. The zero-order chi connectivity index (χ0) is 27.8. The summed E-state index contributed by atoms with van der Waals surface area (Å²) in [6.45, 7) is 6.14. The second-order valence-corrected chi connectivity index (χ2v) is 10.5. The van der Waals surface area contributed by atoms with Crippen LogP contribution in [0.2, 0.25) is 0 Å². The van der Waals surface area contributed by atoms with Gasteiger partial charge in [0.15, 0.2) is 0 Å². The van der Waals surface area contributed by atoms with Gasteiger partial charge in [0.1, 0.15) is 5.75 Å². The lowest BCUT2D eigenvalue weighted by atomic mass is 9.73. The quantitative estimate of drug-likeness (QED) is 0.389. The average molecular weight is 544 g/mol. The predicted molar refractivity (Wildman–Crippen MR) is 137 cm³/mol. The van der Waals surface area contributed by atoms with Crippen molar-refractivity contribution in [3.05, 3.63) is 24.3 Å². The number of aliphatic hydroxyl groups is 1. The summed E-state index contributed by atoms with van der Waals surface area (Å²) in [4.78, 5) is 28.1. The van der Waals surface area contributed by atoms with Crippen LogP contribution in [0.3, 0.4) is 0 Å². The van der Waals surface area contributed by atoms with Crippen LogP contribution in [0, 0.1) is 11.8 Å². The van der Waals surface area contributed by atoms with Gasteiger partial charge in [0, 0.05) is 43.7 Å². The van der Waals surface area contributed by atoms with Crippen molar-refractivity contribution >= 4 is 17.5 Å². The van der Waals surface area contributed by atoms with E-state index < -0.39 is 17.9 Å². The zero-order valence-corrected chi connectivity index (χ0v) is 22.2. The molecule has 38 heavy (non-hydrogen) atoms. The highest BCUT2D eigenvalue weighted by Gasteiger charge is 2.36. The third kappa shape index (κ3) is 9.65. The molecule has 0 radical (unpaired) electrons. The molecule has 1 aliphatic carbocycles. The van der Waals surface area contributed by atoms with E-state index in [-0.39, 0.29) is 35.9 Å². The molecule has 1 aromatic rings. The Kier molecular flexibility index (Phi) is 10.7. The molecular formula is C27H40F3N3O5. The van der Waals surface area contributed by atoms with E-state index in [0.717, 1.165) is 19.3 Å². The first kappa shape index (κ1) is 30.0. The van der Waals surface area contributed by atoms with Gasteiger partial charge in [-0.25, -0.2) is 0 Å². The van der Waals surface area contributed by atoms with Gasteiger partial charge in [-0.3, -0.25) is 9.59 Å². The fraction of sp³-hybridized carbons (Fsp3) is 0.704. The van der Waals surface area contributed by atoms with E-state index >= 15 is 0 Å². The first-order valence-electron chi connectivity index (χ1n) is 13.4. The Hall–Kier alpha value is -2.53. The zero-order valence-electron chi connectivity index (χ0n) is 22.2. The molecule has 1 heterocycles. The van der Waals surface area contributed by atoms with Crippen LogP contribution < -0.4 is 15.4 Å². The number of morpholine rings is 1. The Morgan fingerprint density at radius 1 is 1.24 bits per heavy atom. The van der Waals surface area contributed by atoms with E-state index in [0.29, 0.717) is 57.8 Å². The van der Waals surface area contributed by atoms with Gasteiger partial charge in [-0.05, 0) is 62.8 Å². The maximum absolute atomic E-state index is 13.3. The lowest BCUT2D eigenvalue weighted by molar-refractivity contribution is -0.274. The number of benzene rings is 1. The summed E-state index contributed by atoms with van der Waals surface area (Å²) in [6.07, 6.45) is -0.241. The minimum Gasteiger partial charge on any atom is -0.406 e. The molecule has 1 aromatic carbocycles. The Morgan fingerprint density at radius 3 is 2.55 bits per heavy atom. The van der Waals surface area contributed by atoms with Crippen molar-refractivity contribution < 1.29 is 37.3 Å². The average Bonchev–Trinajstić information content (AvgIpc) is 2.87. The van der Waals surface area contributed by atoms with E-state index in [2.05, 4.69) is 15.4 Å². The molecule has 2 aliphatic rings. The van der Waals surface area contributed by atoms with E-state index in [9.17, 15) is 27.9 Å². The minimum absolute atomic E-state index is 0.0676. The summed E-state index contributed by atoms with van der Waals surface area (Å²) in [7, 11) is 0. The third-order valence-electron chi connectivity index (χ3n) is 7.44. The molecule has 1 saturated heterocycles. The number of hydrogen-bond acceptors (Lipinski definition) is 6. The van der Waals surface area contributed by atoms with E-state index in [1.807, 2.05) is 13.8 Å². The molecule has 2 amide bonds. The second-order valence-electron chi connectivity index (χ2n) is 10.5. The summed E-state index contributed by atoms with van der Waals surface area (Å²) in [5.41, 5.74) is -0.128. The topological polar surface area (TPSA) is 100 Å². The van der Waals surface area contributed by atoms with Gasteiger partial charge in [0.05, 0.1) is 18.8 Å². The lowest BCUT2D eigenvalue weighted by Crippen LogP contribution is -2.45. The van der Waals surface area contributed by atoms with Crippen molar-refractivity contribution in [2.75, 3.05) is 38.2 Å². The van der Waals surface area contributed by atoms with Gasteiger partial charge < -0.3 is 30.1 Å². The number of nitrogens with zero attached hydrogens (tertiary/aromatic N) is 1. The number of nitrogens with one attached hydrogen (secondary N) is 2. The van der Waals surface area contributed by atoms with E-state index in [1.54, 1.807) is 4.90 Å². The second kappa shape index (κ2) is 13.5. The number of ether oxygens (including phenoxy) is 2. The van der Waals surface area contributed by atoms with Crippen LogP contribution in [0.25, 0.3) is 0 Å². The number of carbonyl (C=O) groups excluding carboxylic acids is 2. The summed E-state index contributed by atoms with van der Waals surface area (Å²) >= 11 is 0. The maximum atomic E-state index is 13.3. The molecular weight excluding hydrogens is 503 g/mol. The molecule has 8 nitrogen and oxygen atoms in total. The van der Waals surface area contributed by atoms with Crippen molar-refractivity contribution in [2.45, 2.75) is 76.8 Å². The summed E-state index contributed by atoms with van der Waals surface area (Å²) in [6, 6.07) is 5.07. The first-order valence-corrected chi connectivity index (χ1v) is 13.4. The van der Waals surface area contributed by atoms with E-state index in [4.69, 9.17) is 4.74 Å². The highest BCUT2D eigenvalue weighted by Crippen LogP contribution is 2.38. The van der Waals surface area contributed by atoms with Crippen molar-refractivity contribution in [1.29, 1.82) is 0 Å². The van der Waals surface area contributed by atoms with Crippen molar-refractivity contribution in [1.82, 2.24) is 10.2 Å². The number of carbonyl (C=O) groups is 2. The minimum atomic E-state index is -4.75. The Morgan fingerprint density at radius 2 is 1.92 bits per heavy atom. The summed E-state index contributed by atoms with van der Waals surface area (Å²) in [5.74, 6) is -0.944. The molecule has 0 bridgehead atoms. The van der Waals surface area contributed by atoms with Crippen LogP contribution in [-0.2, 0) is 14.3 Å². The standard InChI is InChI=1S/C27H40F3N3O5/c1-3-26(36)10-4-5-20(17-26)15-21(16-24(34)33-11-13-37-14-12-33)25(35)32-19(2)18-31-22-6-8-23(9-7-22)38-27(28,29)30/h6-9,19-21,31,36H,3-5,10-18H2,1-2H3,(H,32,35). The Bertz CT molecular complexity index is 908. The van der Waals surface area contributed by atoms with Crippen molar-refractivity contribution in [2.24, 2.45) is 11.8 Å². The Balaban J connectivity index is 1.57. The van der Waals surface area contributed by atoms with Crippen LogP contribution in [0.1, 0.15) is 58.8 Å². The van der Waals surface area contributed by atoms with Crippen LogP contribution in [0.15, 0.2) is 24.3 Å². The molecule has 2 fully saturated rings. The largest absolute Gasteiger partial charge is 0.573 e. The van der Waals surface area contributed by atoms with Crippen LogP contribution in [-0.4, -0.2) is 72.7 Å². The molecule has 0 spiro atoms. The van der Waals surface area contributed by atoms with Crippen LogP contribution in [0.4, 0.5) is 18.9 Å². The van der Waals surface area contributed by atoms with Gasteiger partial charge in [-0.15, -0.1) is 13.2 Å². The number of rotatable bonds is 11. The van der Waals surface area contributed by atoms with Gasteiger partial charge in [0.2, 0.25) is 11.8 Å². The highest BCUT2D eigenvalue weighted by atomic mass is 19.4. The van der Waals surface area contributed by atoms with Gasteiger partial charge in [0.25, 0.3) is 0 Å². The van der Waals surface area contributed by atoms with Crippen molar-refractivity contribution in [3.8, 4) is 5.75 Å². The molecule has 3 N–H and O–H groups in total. The fourth-order valence-electron chi connectivity index (χ4n) is 5.28. The van der Waals surface area contributed by atoms with E-state index in [1.165, 1.54) is 24.3 Å². The van der Waals surface area contributed by atoms with Crippen molar-refractivity contribution in [3.63, 3.8) is 0 Å². The maximum Gasteiger partial charge on any atom is 0.573 e. The molecule has 0 aromatic heterocycles. The van der Waals surface area contributed by atoms with Crippen LogP contribution >= 0.6 is 0 Å². The third-order valence-corrected chi connectivity index (χ3v) is 7.44. The van der Waals surface area contributed by atoms with Gasteiger partial charge in [-0.1, -0.05) is 19.8 Å². The molecule has 3 rings (SSSR count). The summed E-state index contributed by atoms with van der Waals surface area (Å²) < 4.78 is 46.3. The number of anilines is 1. The van der Waals surface area contributed by atoms with Crippen LogP contribution in [0.5, 0.6) is 5.75 Å². The molecule has 214 valence electrons. The van der Waals surface area contributed by atoms with Gasteiger partial charge in [-0.2, -0.15) is 0 Å². The SMILES string of the molecule is CCC1(O)CCCC(CC(CC(=O)N2CCOCC2)C(=O)NC(C)CNc2ccc(OC(F)(F)F)cc2)C1. The fourth-order valence-corrected chi connectivity index (χ4v) is 5.28. The number of alkyl halides is 3. The smallest absolute Gasteiger partial charge is 0.406 e. The predicted octanol–water partition coefficient (Wildman–Crippen LogP) is 4.09. The molecule has 4 unspecified atom stereocenters. The monoisotopic (exact) mass is 543 g/mol. The molecule has 1 aliphatic heterocycles. The number of halogens is 3.